The largest absolute Gasteiger partial charge is 0.367 e. The number of Topliss-reactive ketones (excluding diaryl/α,β-unsaturated/α-hetero) is 1. The maximum absolute atomic E-state index is 13.6. The Hall–Kier alpha value is -0.970. The molecule has 2 aliphatic rings. The SMILES string of the molecule is O=C(Cc1cc(Cl)ccc1F)C1CN2CCCC2CO1. The quantitative estimate of drug-likeness (QED) is 0.858. The molecule has 108 valence electrons. The molecule has 0 N–H and O–H groups in total. The van der Waals surface area contributed by atoms with Gasteiger partial charge in [-0.2, -0.15) is 0 Å². The van der Waals surface area contributed by atoms with Crippen LogP contribution >= 0.6 is 11.6 Å². The van der Waals surface area contributed by atoms with Crippen LogP contribution in [0.2, 0.25) is 5.02 Å². The number of carbonyl (C=O) groups excluding carboxylic acids is 1. The van der Waals surface area contributed by atoms with Gasteiger partial charge in [0.25, 0.3) is 0 Å². The van der Waals surface area contributed by atoms with E-state index in [1.165, 1.54) is 18.2 Å². The van der Waals surface area contributed by atoms with Crippen molar-refractivity contribution in [2.24, 2.45) is 0 Å². The van der Waals surface area contributed by atoms with E-state index in [1.807, 2.05) is 0 Å². The smallest absolute Gasteiger partial charge is 0.167 e. The van der Waals surface area contributed by atoms with E-state index in [4.69, 9.17) is 16.3 Å². The van der Waals surface area contributed by atoms with Crippen LogP contribution in [0.1, 0.15) is 18.4 Å². The van der Waals surface area contributed by atoms with Gasteiger partial charge in [-0.15, -0.1) is 0 Å². The Morgan fingerprint density at radius 3 is 3.20 bits per heavy atom. The molecule has 0 aromatic heterocycles. The molecule has 1 aromatic rings. The molecule has 2 atom stereocenters. The van der Waals surface area contributed by atoms with Crippen LogP contribution in [-0.4, -0.2) is 42.5 Å². The number of rotatable bonds is 3. The molecule has 3 nitrogen and oxygen atoms in total. The van der Waals surface area contributed by atoms with E-state index in [0.717, 1.165) is 19.4 Å². The second-order valence-corrected chi connectivity index (χ2v) is 5.93. The fourth-order valence-electron chi connectivity index (χ4n) is 2.99. The Morgan fingerprint density at radius 1 is 1.50 bits per heavy atom. The van der Waals surface area contributed by atoms with Gasteiger partial charge in [0, 0.05) is 24.0 Å². The van der Waals surface area contributed by atoms with E-state index < -0.39 is 11.9 Å². The minimum absolute atomic E-state index is 0.0373. The van der Waals surface area contributed by atoms with E-state index in [1.54, 1.807) is 0 Å². The van der Waals surface area contributed by atoms with Crippen LogP contribution in [0.3, 0.4) is 0 Å². The fraction of sp³-hybridized carbons (Fsp3) is 0.533. The molecule has 2 heterocycles. The number of morpholine rings is 1. The van der Waals surface area contributed by atoms with Crippen LogP contribution in [0.4, 0.5) is 4.39 Å². The molecular formula is C15H17ClFNO2. The number of hydrogen-bond acceptors (Lipinski definition) is 3. The number of ketones is 1. The molecule has 0 spiro atoms. The number of fused-ring (bicyclic) bond motifs is 1. The van der Waals surface area contributed by atoms with Crippen molar-refractivity contribution in [2.45, 2.75) is 31.4 Å². The van der Waals surface area contributed by atoms with Crippen molar-refractivity contribution in [3.05, 3.63) is 34.6 Å². The van der Waals surface area contributed by atoms with Gasteiger partial charge >= 0.3 is 0 Å². The molecule has 0 radical (unpaired) electrons. The summed E-state index contributed by atoms with van der Waals surface area (Å²) in [5.41, 5.74) is 0.342. The lowest BCUT2D eigenvalue weighted by Gasteiger charge is -2.34. The van der Waals surface area contributed by atoms with E-state index >= 15 is 0 Å². The molecule has 2 saturated heterocycles. The number of halogens is 2. The van der Waals surface area contributed by atoms with Crippen LogP contribution in [0.5, 0.6) is 0 Å². The molecule has 0 amide bonds. The highest BCUT2D eigenvalue weighted by Crippen LogP contribution is 2.24. The highest BCUT2D eigenvalue weighted by Gasteiger charge is 2.35. The Bertz CT molecular complexity index is 523. The average Bonchev–Trinajstić information content (AvgIpc) is 2.90. The van der Waals surface area contributed by atoms with Gasteiger partial charge in [0.15, 0.2) is 5.78 Å². The summed E-state index contributed by atoms with van der Waals surface area (Å²) in [7, 11) is 0. The number of benzene rings is 1. The van der Waals surface area contributed by atoms with Crippen molar-refractivity contribution in [1.82, 2.24) is 4.90 Å². The van der Waals surface area contributed by atoms with E-state index in [0.29, 0.717) is 29.8 Å². The highest BCUT2D eigenvalue weighted by atomic mass is 35.5. The van der Waals surface area contributed by atoms with Crippen molar-refractivity contribution in [3.8, 4) is 0 Å². The van der Waals surface area contributed by atoms with Gasteiger partial charge in [0.2, 0.25) is 0 Å². The van der Waals surface area contributed by atoms with Crippen molar-refractivity contribution in [2.75, 3.05) is 19.7 Å². The summed E-state index contributed by atoms with van der Waals surface area (Å²) < 4.78 is 19.3. The highest BCUT2D eigenvalue weighted by molar-refractivity contribution is 6.30. The minimum Gasteiger partial charge on any atom is -0.367 e. The van der Waals surface area contributed by atoms with Gasteiger partial charge in [0.1, 0.15) is 11.9 Å². The summed E-state index contributed by atoms with van der Waals surface area (Å²) in [4.78, 5) is 14.6. The fourth-order valence-corrected chi connectivity index (χ4v) is 3.19. The summed E-state index contributed by atoms with van der Waals surface area (Å²) in [5, 5.41) is 0.443. The molecule has 2 unspecified atom stereocenters. The second-order valence-electron chi connectivity index (χ2n) is 5.49. The van der Waals surface area contributed by atoms with Gasteiger partial charge < -0.3 is 4.74 Å². The third-order valence-corrected chi connectivity index (χ3v) is 4.36. The Balaban J connectivity index is 1.65. The van der Waals surface area contributed by atoms with Crippen molar-refractivity contribution in [3.63, 3.8) is 0 Å². The average molecular weight is 298 g/mol. The van der Waals surface area contributed by atoms with Crippen molar-refractivity contribution < 1.29 is 13.9 Å². The first-order chi connectivity index (χ1) is 9.63. The molecule has 20 heavy (non-hydrogen) atoms. The van der Waals surface area contributed by atoms with Gasteiger partial charge in [-0.1, -0.05) is 11.6 Å². The van der Waals surface area contributed by atoms with Crippen molar-refractivity contribution in [1.29, 1.82) is 0 Å². The maximum Gasteiger partial charge on any atom is 0.167 e. The summed E-state index contributed by atoms with van der Waals surface area (Å²) in [5.74, 6) is -0.464. The first kappa shape index (κ1) is 14.0. The number of nitrogens with zero attached hydrogens (tertiary/aromatic N) is 1. The standard InChI is InChI=1S/C15H17ClFNO2/c16-11-3-4-13(17)10(6-11)7-14(19)15-8-18-5-1-2-12(18)9-20-15/h3-4,6,12,15H,1-2,5,7-9H2. The van der Waals surface area contributed by atoms with Gasteiger partial charge in [-0.3, -0.25) is 9.69 Å². The molecule has 2 fully saturated rings. The zero-order chi connectivity index (χ0) is 14.1. The van der Waals surface area contributed by atoms with Crippen LogP contribution in [0.25, 0.3) is 0 Å². The lowest BCUT2D eigenvalue weighted by Crippen LogP contribution is -2.49. The Kier molecular flexibility index (Phi) is 4.06. The normalized spacial score (nSPS) is 26.5. The predicted molar refractivity (Wildman–Crippen MR) is 74.5 cm³/mol. The lowest BCUT2D eigenvalue weighted by atomic mass is 10.0. The summed E-state index contributed by atoms with van der Waals surface area (Å²) >= 11 is 5.84. The molecule has 5 heteroatoms. The first-order valence-electron chi connectivity index (χ1n) is 6.96. The van der Waals surface area contributed by atoms with Crippen LogP contribution in [-0.2, 0) is 16.0 Å². The molecule has 0 aliphatic carbocycles. The minimum atomic E-state index is -0.442. The zero-order valence-electron chi connectivity index (χ0n) is 11.1. The number of hydrogen-bond donors (Lipinski definition) is 0. The Labute approximate surface area is 122 Å². The predicted octanol–water partition coefficient (Wildman–Crippen LogP) is 2.45. The molecule has 3 rings (SSSR count). The van der Waals surface area contributed by atoms with E-state index in [2.05, 4.69) is 4.90 Å². The zero-order valence-corrected chi connectivity index (χ0v) is 11.9. The van der Waals surface area contributed by atoms with E-state index in [-0.39, 0.29) is 12.2 Å². The molecule has 0 bridgehead atoms. The molecular weight excluding hydrogens is 281 g/mol. The van der Waals surface area contributed by atoms with Crippen molar-refractivity contribution >= 4 is 17.4 Å². The van der Waals surface area contributed by atoms with Crippen LogP contribution in [0.15, 0.2) is 18.2 Å². The van der Waals surface area contributed by atoms with Gasteiger partial charge in [0.05, 0.1) is 6.61 Å². The lowest BCUT2D eigenvalue weighted by molar-refractivity contribution is -0.137. The summed E-state index contributed by atoms with van der Waals surface area (Å²) in [6.07, 6.45) is 1.90. The number of ether oxygens (including phenoxy) is 1. The maximum atomic E-state index is 13.6. The Morgan fingerprint density at radius 2 is 2.35 bits per heavy atom. The third-order valence-electron chi connectivity index (χ3n) is 4.12. The molecule has 0 saturated carbocycles. The monoisotopic (exact) mass is 297 g/mol. The van der Waals surface area contributed by atoms with Gasteiger partial charge in [-0.25, -0.2) is 4.39 Å². The van der Waals surface area contributed by atoms with Gasteiger partial charge in [-0.05, 0) is 43.1 Å². The number of carbonyl (C=O) groups is 1. The topological polar surface area (TPSA) is 29.5 Å². The second kappa shape index (κ2) is 5.80. The third kappa shape index (κ3) is 2.87. The molecule has 1 aromatic carbocycles. The summed E-state index contributed by atoms with van der Waals surface area (Å²) in [6.45, 7) is 2.27. The van der Waals surface area contributed by atoms with Crippen LogP contribution < -0.4 is 0 Å². The van der Waals surface area contributed by atoms with E-state index in [9.17, 15) is 9.18 Å². The molecule has 2 aliphatic heterocycles. The first-order valence-corrected chi connectivity index (χ1v) is 7.33. The van der Waals surface area contributed by atoms with Crippen LogP contribution in [0, 0.1) is 5.82 Å². The summed E-state index contributed by atoms with van der Waals surface area (Å²) in [6, 6.07) is 4.75.